The predicted molar refractivity (Wildman–Crippen MR) is 334 cm³/mol. The molecule has 468 valence electrons. The van der Waals surface area contributed by atoms with Gasteiger partial charge in [0.2, 0.25) is 0 Å². The molecule has 2 aliphatic heterocycles. The molecule has 0 radical (unpaired) electrons. The number of hydrogen-bond acceptors (Lipinski definition) is 14. The molecule has 2 aromatic carbocycles. The summed E-state index contributed by atoms with van der Waals surface area (Å²) in [6, 6.07) is 21.3. The Morgan fingerprint density at radius 1 is 0.644 bits per heavy atom. The number of fused-ring (bicyclic) bond motifs is 4. The minimum Gasteiger partial charge on any atom is -0.444 e. The van der Waals surface area contributed by atoms with Gasteiger partial charge in [0, 0.05) is 100 Å². The number of azide groups is 1. The van der Waals surface area contributed by atoms with Crippen LogP contribution < -0.4 is 29.6 Å². The second-order valence-corrected chi connectivity index (χ2v) is 26.9. The molecule has 0 bridgehead atoms. The summed E-state index contributed by atoms with van der Waals surface area (Å²) in [5.74, 6) is 2.30. The molecule has 2 saturated carbocycles. The van der Waals surface area contributed by atoms with Crippen LogP contribution in [0.1, 0.15) is 87.9 Å². The number of rotatable bonds is 13. The molecule has 12 rings (SSSR count). The van der Waals surface area contributed by atoms with Crippen LogP contribution in [-0.4, -0.2) is 172 Å². The van der Waals surface area contributed by atoms with Crippen LogP contribution in [0.3, 0.4) is 0 Å². The Hall–Kier alpha value is -8.23. The second-order valence-electron chi connectivity index (χ2n) is 25.3. The molecule has 2 saturated heterocycles. The summed E-state index contributed by atoms with van der Waals surface area (Å²) in [4.78, 5) is 82.6. The van der Waals surface area contributed by atoms with Gasteiger partial charge >= 0.3 is 41.7 Å². The molecule has 6 aromatic heterocycles. The molecule has 0 N–H and O–H groups in total. The van der Waals surface area contributed by atoms with Crippen molar-refractivity contribution >= 4 is 78.3 Å². The number of hydrogen-bond donors (Lipinski definition) is 0. The minimum absolute atomic E-state index is 0. The van der Waals surface area contributed by atoms with Crippen molar-refractivity contribution < 1.29 is 70.8 Å². The Balaban J connectivity index is 0.000000203. The summed E-state index contributed by atoms with van der Waals surface area (Å²) in [6.45, 7) is 12.8. The summed E-state index contributed by atoms with van der Waals surface area (Å²) in [6.07, 6.45) is 7.41. The van der Waals surface area contributed by atoms with Crippen LogP contribution in [-0.2, 0) is 51.0 Å². The van der Waals surface area contributed by atoms with Gasteiger partial charge < -0.3 is 58.4 Å². The number of aromatic nitrogens is 8. The first-order valence-electron chi connectivity index (χ1n) is 29.4. The van der Waals surface area contributed by atoms with E-state index < -0.39 is 57.7 Å². The Morgan fingerprint density at radius 3 is 1.48 bits per heavy atom. The zero-order valence-corrected chi connectivity index (χ0v) is 55.6. The maximum absolute atomic E-state index is 13.8. The van der Waals surface area contributed by atoms with E-state index in [0.29, 0.717) is 34.0 Å². The third-order valence-electron chi connectivity index (χ3n) is 16.2. The van der Waals surface area contributed by atoms with E-state index in [2.05, 4.69) is 58.0 Å². The number of likely N-dealkylation sites (N-methyl/N-ethyl adjacent to an activating group) is 2. The molecule has 8 heterocycles. The number of benzene rings is 2. The largest absolute Gasteiger partial charge is 1.00 e. The smallest absolute Gasteiger partial charge is 0.444 e. The molecular weight excluding hydrogens is 1180 g/mol. The molecule has 2 aliphatic carbocycles. The fourth-order valence-electron chi connectivity index (χ4n) is 11.6. The van der Waals surface area contributed by atoms with Gasteiger partial charge in [-0.25, -0.2) is 29.5 Å². The van der Waals surface area contributed by atoms with Crippen molar-refractivity contribution in [3.8, 4) is 23.0 Å². The van der Waals surface area contributed by atoms with Gasteiger partial charge in [-0.2, -0.15) is 8.42 Å². The summed E-state index contributed by atoms with van der Waals surface area (Å²) in [5, 5.41) is 6.02. The van der Waals surface area contributed by atoms with E-state index in [1.165, 1.54) is 45.3 Å². The Kier molecular flexibility index (Phi) is 19.4. The fourth-order valence-corrected chi connectivity index (χ4v) is 12.2. The number of likely N-dealkylation sites (tertiary alicyclic amines) is 2. The quantitative estimate of drug-likeness (QED) is 0.0361. The zero-order chi connectivity index (χ0) is 64.0. The maximum Gasteiger partial charge on any atom is 1.00 e. The number of ether oxygens (including phenoxy) is 2. The van der Waals surface area contributed by atoms with Crippen molar-refractivity contribution in [1.82, 2.24) is 57.8 Å². The number of nitrogens with zero attached hydrogens (tertiary/aromatic N) is 18. The van der Waals surface area contributed by atoms with Crippen molar-refractivity contribution in [2.75, 3.05) is 46.5 Å². The maximum atomic E-state index is 13.8. The molecule has 0 spiro atoms. The van der Waals surface area contributed by atoms with E-state index in [-0.39, 0.29) is 67.6 Å². The summed E-state index contributed by atoms with van der Waals surface area (Å²) in [5.41, 5.74) is 29.1. The van der Waals surface area contributed by atoms with Crippen LogP contribution in [0.25, 0.3) is 93.6 Å². The van der Waals surface area contributed by atoms with Crippen LogP contribution >= 0.6 is 0 Å². The summed E-state index contributed by atoms with van der Waals surface area (Å²) >= 11 is 0. The fraction of sp³-hybridized carbons (Fsp3) is 0.475. The number of carbonyl (C=O) groups is 4. The number of imidazole rings is 2. The number of aryl methyl sites for hydroxylation is 2. The molecule has 8 aromatic rings. The number of amides is 4. The molecular formula is C61H73N18NaO9S. The SMILES string of the molecule is CN(C(=O)c1ccc2c(c1)nc(-c1cc3cccnc3n1CC1CC1)n2C)[C@H]1CN(C(=O)OC(C)(C)C)C[C@@H]1N=[N+]=[N-].CN(C(=O)c1ccc2c(c1)nc(-c1cc3cccnc3n1CC1CC1)n2C)[C@H]1CN(C(=O)OC(C)(C)C)C[C@H]1OS(C)(=O)=O.[N-]=[N+]=[N-].[Na+]. The normalized spacial score (nSPS) is 18.3. The van der Waals surface area contributed by atoms with Gasteiger partial charge in [0.25, 0.3) is 21.9 Å². The molecule has 4 amide bonds. The molecule has 4 aliphatic rings. The van der Waals surface area contributed by atoms with Gasteiger partial charge in [0.05, 0.1) is 64.4 Å². The van der Waals surface area contributed by atoms with E-state index in [9.17, 15) is 27.6 Å². The van der Waals surface area contributed by atoms with E-state index in [4.69, 9.17) is 40.2 Å². The molecule has 29 heteroatoms. The van der Waals surface area contributed by atoms with Gasteiger partial charge in [-0.3, -0.25) is 18.7 Å². The van der Waals surface area contributed by atoms with Crippen molar-refractivity contribution in [3.05, 3.63) is 123 Å². The zero-order valence-electron chi connectivity index (χ0n) is 52.8. The predicted octanol–water partition coefficient (Wildman–Crippen LogP) is 7.28. The first-order valence-corrected chi connectivity index (χ1v) is 31.2. The van der Waals surface area contributed by atoms with Crippen LogP contribution in [0.2, 0.25) is 0 Å². The third-order valence-corrected chi connectivity index (χ3v) is 16.8. The molecule has 27 nitrogen and oxygen atoms in total. The number of pyridine rings is 2. The standard InChI is InChI=1S/C31H38N6O6S.C30H35N9O3.N3.Na/c1-31(2,3)42-30(39)36-17-25(26(18-36)43-44(6,40)41)35(5)29(38)21-11-12-23-22(14-21)33-28(34(23)4)24-15-20-8-7-13-32-27(20)37(24)16-19-9-10-19;1-30(2,3)42-29(41)38-16-22(34-35-31)25(17-38)37(5)28(40)20-10-11-23-21(13-20)33-27(36(23)4)24-14-19-7-6-12-32-26(19)39(24)15-18-8-9-18;1-3-2;/h7-8,11-15,19,25-26H,9-10,16-18H2,1-6H3;6-7,10-14,18,22,25H,8-9,15-17H2,1-5H3;;/q;;-1;+1/t25-,26+;22-,25-;;/m00../s1. The monoisotopic (exact) mass is 1260 g/mol. The van der Waals surface area contributed by atoms with Gasteiger partial charge in [0.1, 0.15) is 28.6 Å². The molecule has 4 fully saturated rings. The average Bonchev–Trinajstić information content (AvgIpc) is 1.85. The van der Waals surface area contributed by atoms with E-state index in [1.807, 2.05) is 49.1 Å². The van der Waals surface area contributed by atoms with Crippen molar-refractivity contribution in [1.29, 1.82) is 0 Å². The Morgan fingerprint density at radius 2 is 1.07 bits per heavy atom. The number of carbonyl (C=O) groups excluding carboxylic acids is 4. The van der Waals surface area contributed by atoms with E-state index >= 15 is 0 Å². The van der Waals surface area contributed by atoms with Crippen LogP contribution in [0.15, 0.2) is 90.3 Å². The molecule has 90 heavy (non-hydrogen) atoms. The van der Waals surface area contributed by atoms with Crippen molar-refractivity contribution in [2.45, 2.75) is 116 Å². The summed E-state index contributed by atoms with van der Waals surface area (Å²) in [7, 11) is 3.34. The van der Waals surface area contributed by atoms with Gasteiger partial charge in [-0.1, -0.05) is 5.11 Å². The van der Waals surface area contributed by atoms with Gasteiger partial charge in [-0.15, -0.1) is 0 Å². The van der Waals surface area contributed by atoms with Gasteiger partial charge in [-0.05, 0) is 157 Å². The first kappa shape index (κ1) is 66.2. The first-order chi connectivity index (χ1) is 42.1. The van der Waals surface area contributed by atoms with E-state index in [0.717, 1.165) is 75.5 Å². The van der Waals surface area contributed by atoms with E-state index in [1.54, 1.807) is 91.0 Å². The van der Waals surface area contributed by atoms with Crippen LogP contribution in [0.5, 0.6) is 0 Å². The third kappa shape index (κ3) is 14.7. The van der Waals surface area contributed by atoms with Crippen molar-refractivity contribution in [2.24, 2.45) is 31.0 Å². The van der Waals surface area contributed by atoms with Crippen molar-refractivity contribution in [3.63, 3.8) is 0 Å². The second kappa shape index (κ2) is 26.3. The Labute approximate surface area is 542 Å². The van der Waals surface area contributed by atoms with Crippen LogP contribution in [0, 0.1) is 11.8 Å². The summed E-state index contributed by atoms with van der Waals surface area (Å²) < 4.78 is 49.0. The molecule has 0 unspecified atom stereocenters. The molecule has 4 atom stereocenters. The minimum atomic E-state index is -3.86. The Bertz CT molecular complexity index is 4260. The average molecular weight is 1260 g/mol. The van der Waals surface area contributed by atoms with Crippen LogP contribution in [0.4, 0.5) is 9.59 Å². The van der Waals surface area contributed by atoms with Gasteiger partial charge in [0.15, 0.2) is 11.6 Å². The topological polar surface area (TPSA) is 322 Å².